The molecule has 0 aliphatic carbocycles. The first-order chi connectivity index (χ1) is 14.3. The van der Waals surface area contributed by atoms with Crippen LogP contribution in [-0.2, 0) is 10.5 Å². The maximum Gasteiger partial charge on any atom is 0.247 e. The Morgan fingerprint density at radius 3 is 2.62 bits per heavy atom. The summed E-state index contributed by atoms with van der Waals surface area (Å²) in [5.41, 5.74) is 2.01. The van der Waals surface area contributed by atoms with E-state index in [1.165, 1.54) is 0 Å². The maximum absolute atomic E-state index is 10.3. The number of hydrogen-bond donors (Lipinski definition) is 0. The van der Waals surface area contributed by atoms with E-state index in [4.69, 9.17) is 9.15 Å². The molecule has 0 atom stereocenters. The van der Waals surface area contributed by atoms with Crippen molar-refractivity contribution in [3.05, 3.63) is 72.1 Å². The molecule has 0 saturated carbocycles. The third-order valence-electron chi connectivity index (χ3n) is 4.09. The lowest BCUT2D eigenvalue weighted by atomic mass is 10.1. The van der Waals surface area contributed by atoms with Gasteiger partial charge in [-0.1, -0.05) is 42.5 Å². The number of rotatable bonds is 12. The minimum Gasteiger partial charge on any atom is -0.493 e. The molecule has 0 aliphatic rings. The van der Waals surface area contributed by atoms with E-state index in [1.54, 1.807) is 11.8 Å². The Morgan fingerprint density at radius 1 is 1.00 bits per heavy atom. The summed E-state index contributed by atoms with van der Waals surface area (Å²) in [6.07, 6.45) is 7.50. The van der Waals surface area contributed by atoms with Crippen LogP contribution in [0.5, 0.6) is 5.75 Å². The standard InChI is InChI=1S/C23H24N2O3S/c26-15-7-2-1-4-8-19-11-13-20(14-12-19)23-25-24-22(28-23)18-29-17-16-27-21-9-5-3-6-10-21/h3-6,8-15H,1-2,7,16-18H2. The molecule has 0 aliphatic heterocycles. The highest BCUT2D eigenvalue weighted by Gasteiger charge is 2.08. The fraction of sp³-hybridized carbons (Fsp3) is 0.261. The van der Waals surface area contributed by atoms with Gasteiger partial charge in [0.2, 0.25) is 11.8 Å². The highest BCUT2D eigenvalue weighted by atomic mass is 32.2. The second-order valence-corrected chi connectivity index (χ2v) is 7.44. The van der Waals surface area contributed by atoms with Crippen LogP contribution in [0.25, 0.3) is 17.5 Å². The third kappa shape index (κ3) is 7.23. The lowest BCUT2D eigenvalue weighted by Gasteiger charge is -2.04. The predicted molar refractivity (Wildman–Crippen MR) is 117 cm³/mol. The van der Waals surface area contributed by atoms with Crippen LogP contribution in [-0.4, -0.2) is 28.8 Å². The molecule has 1 heterocycles. The van der Waals surface area contributed by atoms with Gasteiger partial charge in [0.15, 0.2) is 0 Å². The lowest BCUT2D eigenvalue weighted by Crippen LogP contribution is -2.00. The van der Waals surface area contributed by atoms with Gasteiger partial charge >= 0.3 is 0 Å². The number of ether oxygens (including phenoxy) is 1. The van der Waals surface area contributed by atoms with Gasteiger partial charge in [-0.05, 0) is 42.7 Å². The Balaban J connectivity index is 1.41. The van der Waals surface area contributed by atoms with Crippen molar-refractivity contribution in [3.8, 4) is 17.2 Å². The summed E-state index contributed by atoms with van der Waals surface area (Å²) in [6.45, 7) is 0.639. The van der Waals surface area contributed by atoms with Gasteiger partial charge in [0, 0.05) is 17.7 Å². The van der Waals surface area contributed by atoms with Gasteiger partial charge in [-0.25, -0.2) is 0 Å². The summed E-state index contributed by atoms with van der Waals surface area (Å²) < 4.78 is 11.4. The quantitative estimate of drug-likeness (QED) is 0.294. The van der Waals surface area contributed by atoms with E-state index >= 15 is 0 Å². The molecule has 0 N–H and O–H groups in total. The summed E-state index contributed by atoms with van der Waals surface area (Å²) >= 11 is 1.70. The lowest BCUT2D eigenvalue weighted by molar-refractivity contribution is -0.107. The zero-order chi connectivity index (χ0) is 20.2. The number of thioether (sulfide) groups is 1. The summed E-state index contributed by atoms with van der Waals surface area (Å²) in [5, 5.41) is 8.27. The van der Waals surface area contributed by atoms with E-state index in [0.29, 0.717) is 30.6 Å². The van der Waals surface area contributed by atoms with Crippen molar-refractivity contribution < 1.29 is 13.9 Å². The maximum atomic E-state index is 10.3. The Hall–Kier alpha value is -2.86. The highest BCUT2D eigenvalue weighted by Crippen LogP contribution is 2.21. The van der Waals surface area contributed by atoms with Crippen molar-refractivity contribution in [2.45, 2.75) is 25.0 Å². The average Bonchev–Trinajstić information content (AvgIpc) is 3.23. The number of para-hydroxylation sites is 1. The molecule has 3 rings (SSSR count). The van der Waals surface area contributed by atoms with Gasteiger partial charge < -0.3 is 13.9 Å². The number of carbonyl (C=O) groups is 1. The molecule has 0 radical (unpaired) electrons. The molecule has 0 fully saturated rings. The first-order valence-electron chi connectivity index (χ1n) is 9.64. The van der Waals surface area contributed by atoms with Gasteiger partial charge in [0.05, 0.1) is 12.4 Å². The molecule has 29 heavy (non-hydrogen) atoms. The van der Waals surface area contributed by atoms with Crippen molar-refractivity contribution in [1.29, 1.82) is 0 Å². The van der Waals surface area contributed by atoms with Crippen LogP contribution in [0.4, 0.5) is 0 Å². The first-order valence-corrected chi connectivity index (χ1v) is 10.8. The molecule has 3 aromatic rings. The summed E-state index contributed by atoms with van der Waals surface area (Å²) in [7, 11) is 0. The van der Waals surface area contributed by atoms with Gasteiger partial charge in [0.1, 0.15) is 12.0 Å². The fourth-order valence-corrected chi connectivity index (χ4v) is 3.24. The van der Waals surface area contributed by atoms with Crippen LogP contribution in [0, 0.1) is 0 Å². The highest BCUT2D eigenvalue weighted by molar-refractivity contribution is 7.98. The Labute approximate surface area is 175 Å². The van der Waals surface area contributed by atoms with Crippen LogP contribution >= 0.6 is 11.8 Å². The smallest absolute Gasteiger partial charge is 0.247 e. The van der Waals surface area contributed by atoms with E-state index in [1.807, 2.05) is 54.6 Å². The number of allylic oxidation sites excluding steroid dienone is 1. The van der Waals surface area contributed by atoms with Gasteiger partial charge in [-0.2, -0.15) is 0 Å². The number of benzene rings is 2. The first kappa shape index (κ1) is 20.9. The number of aldehydes is 1. The molecule has 0 amide bonds. The van der Waals surface area contributed by atoms with Crippen molar-refractivity contribution in [2.75, 3.05) is 12.4 Å². The van der Waals surface area contributed by atoms with E-state index in [2.05, 4.69) is 22.3 Å². The molecular weight excluding hydrogens is 384 g/mol. The molecule has 5 nitrogen and oxygen atoms in total. The van der Waals surface area contributed by atoms with Crippen molar-refractivity contribution >= 4 is 24.1 Å². The van der Waals surface area contributed by atoms with Gasteiger partial charge in [0.25, 0.3) is 0 Å². The van der Waals surface area contributed by atoms with Crippen LogP contribution in [0.3, 0.4) is 0 Å². The number of aromatic nitrogens is 2. The second-order valence-electron chi connectivity index (χ2n) is 6.34. The SMILES string of the molecule is O=CCCCC=Cc1ccc(-c2nnc(CSCCOc3ccccc3)o2)cc1. The van der Waals surface area contributed by atoms with Crippen molar-refractivity contribution in [1.82, 2.24) is 10.2 Å². The second kappa shape index (κ2) is 11.9. The summed E-state index contributed by atoms with van der Waals surface area (Å²) in [6, 6.07) is 17.8. The van der Waals surface area contributed by atoms with Gasteiger partial charge in [-0.3, -0.25) is 0 Å². The third-order valence-corrected chi connectivity index (χ3v) is 5.00. The predicted octanol–water partition coefficient (Wildman–Crippen LogP) is 5.43. The normalized spacial score (nSPS) is 11.0. The topological polar surface area (TPSA) is 65.2 Å². The molecule has 6 heteroatoms. The van der Waals surface area contributed by atoms with E-state index in [0.717, 1.165) is 41.8 Å². The molecule has 0 saturated heterocycles. The molecule has 0 unspecified atom stereocenters. The number of hydrogen-bond acceptors (Lipinski definition) is 6. The van der Waals surface area contributed by atoms with E-state index < -0.39 is 0 Å². The molecule has 0 spiro atoms. The summed E-state index contributed by atoms with van der Waals surface area (Å²) in [4.78, 5) is 10.3. The van der Waals surface area contributed by atoms with Crippen LogP contribution in [0.2, 0.25) is 0 Å². The van der Waals surface area contributed by atoms with Crippen LogP contribution in [0.1, 0.15) is 30.7 Å². The average molecular weight is 409 g/mol. The Bertz CT molecular complexity index is 892. The van der Waals surface area contributed by atoms with E-state index in [9.17, 15) is 4.79 Å². The zero-order valence-corrected chi connectivity index (χ0v) is 17.0. The fourth-order valence-electron chi connectivity index (χ4n) is 2.60. The van der Waals surface area contributed by atoms with Crippen LogP contribution < -0.4 is 4.74 Å². The molecular formula is C23H24N2O3S. The largest absolute Gasteiger partial charge is 0.493 e. The van der Waals surface area contributed by atoms with Crippen molar-refractivity contribution in [2.24, 2.45) is 0 Å². The number of unbranched alkanes of at least 4 members (excludes halogenated alkanes) is 2. The monoisotopic (exact) mass is 408 g/mol. The molecule has 150 valence electrons. The Kier molecular flexibility index (Phi) is 8.54. The molecule has 2 aromatic carbocycles. The minimum atomic E-state index is 0.530. The van der Waals surface area contributed by atoms with Crippen molar-refractivity contribution in [3.63, 3.8) is 0 Å². The van der Waals surface area contributed by atoms with Crippen LogP contribution in [0.15, 0.2) is 65.1 Å². The summed E-state index contributed by atoms with van der Waals surface area (Å²) in [5.74, 6) is 3.53. The number of nitrogens with zero attached hydrogens (tertiary/aromatic N) is 2. The zero-order valence-electron chi connectivity index (χ0n) is 16.2. The number of carbonyl (C=O) groups excluding carboxylic acids is 1. The molecule has 0 bridgehead atoms. The van der Waals surface area contributed by atoms with Gasteiger partial charge in [-0.15, -0.1) is 22.0 Å². The van der Waals surface area contributed by atoms with E-state index in [-0.39, 0.29) is 0 Å². The minimum absolute atomic E-state index is 0.530. The Morgan fingerprint density at radius 2 is 1.83 bits per heavy atom. The molecule has 1 aromatic heterocycles.